The van der Waals surface area contributed by atoms with E-state index in [1.54, 1.807) is 7.11 Å². The molecule has 1 saturated heterocycles. The Morgan fingerprint density at radius 1 is 1.37 bits per heavy atom. The molecule has 3 nitrogen and oxygen atoms in total. The van der Waals surface area contributed by atoms with Crippen molar-refractivity contribution in [3.05, 3.63) is 29.8 Å². The van der Waals surface area contributed by atoms with Gasteiger partial charge in [-0.3, -0.25) is 0 Å². The van der Waals surface area contributed by atoms with Crippen LogP contribution in [0.1, 0.15) is 12.0 Å². The topological polar surface area (TPSA) is 32.7 Å². The van der Waals surface area contributed by atoms with E-state index in [9.17, 15) is 5.11 Å². The number of benzene rings is 1. The van der Waals surface area contributed by atoms with Gasteiger partial charge in [-0.2, -0.15) is 11.8 Å². The fraction of sp³-hybridized carbons (Fsp3) is 0.600. The standard InChI is InChI=1S/C15H23NO2S/c1-16(2)10-13-11-19-9-8-15(13,17)12-4-6-14(18-3)7-5-12/h4-7,13,17H,8-11H2,1-3H3/t13-,15+/m0/s1. The Morgan fingerprint density at radius 3 is 2.63 bits per heavy atom. The molecule has 1 aliphatic heterocycles. The smallest absolute Gasteiger partial charge is 0.118 e. The van der Waals surface area contributed by atoms with Crippen LogP contribution in [-0.2, 0) is 5.60 Å². The molecule has 0 aromatic heterocycles. The number of hydrogen-bond donors (Lipinski definition) is 1. The van der Waals surface area contributed by atoms with Gasteiger partial charge in [-0.25, -0.2) is 0 Å². The van der Waals surface area contributed by atoms with Gasteiger partial charge >= 0.3 is 0 Å². The van der Waals surface area contributed by atoms with Crippen LogP contribution in [0.4, 0.5) is 0 Å². The van der Waals surface area contributed by atoms with E-state index in [4.69, 9.17) is 4.74 Å². The maximum absolute atomic E-state index is 11.1. The van der Waals surface area contributed by atoms with E-state index in [1.807, 2.05) is 36.0 Å². The molecule has 1 aromatic rings. The van der Waals surface area contributed by atoms with Crippen molar-refractivity contribution in [2.75, 3.05) is 39.3 Å². The van der Waals surface area contributed by atoms with Crippen LogP contribution in [0.25, 0.3) is 0 Å². The molecule has 2 atom stereocenters. The minimum absolute atomic E-state index is 0.273. The van der Waals surface area contributed by atoms with E-state index >= 15 is 0 Å². The van der Waals surface area contributed by atoms with E-state index in [2.05, 4.69) is 19.0 Å². The summed E-state index contributed by atoms with van der Waals surface area (Å²) in [4.78, 5) is 2.16. The summed E-state index contributed by atoms with van der Waals surface area (Å²) in [5.74, 6) is 3.14. The summed E-state index contributed by atoms with van der Waals surface area (Å²) in [6.07, 6.45) is 0.822. The monoisotopic (exact) mass is 281 g/mol. The number of ether oxygens (including phenoxy) is 1. The van der Waals surface area contributed by atoms with Crippen LogP contribution in [-0.4, -0.2) is 49.3 Å². The van der Waals surface area contributed by atoms with Crippen LogP contribution in [0.5, 0.6) is 5.75 Å². The van der Waals surface area contributed by atoms with Gasteiger partial charge in [-0.05, 0) is 44.0 Å². The van der Waals surface area contributed by atoms with Crippen molar-refractivity contribution >= 4 is 11.8 Å². The van der Waals surface area contributed by atoms with Gasteiger partial charge < -0.3 is 14.7 Å². The molecule has 0 unspecified atom stereocenters. The van der Waals surface area contributed by atoms with Crippen molar-refractivity contribution in [3.8, 4) is 5.75 Å². The molecule has 19 heavy (non-hydrogen) atoms. The van der Waals surface area contributed by atoms with E-state index in [0.29, 0.717) is 0 Å². The maximum atomic E-state index is 11.1. The normalized spacial score (nSPS) is 27.5. The zero-order valence-electron chi connectivity index (χ0n) is 11.9. The predicted molar refractivity (Wildman–Crippen MR) is 80.9 cm³/mol. The highest BCUT2D eigenvalue weighted by Crippen LogP contribution is 2.41. The highest BCUT2D eigenvalue weighted by atomic mass is 32.2. The van der Waals surface area contributed by atoms with Gasteiger partial charge in [-0.15, -0.1) is 0 Å². The fourth-order valence-electron chi connectivity index (χ4n) is 2.70. The second-order valence-electron chi connectivity index (χ2n) is 5.44. The lowest BCUT2D eigenvalue weighted by molar-refractivity contribution is -0.0293. The van der Waals surface area contributed by atoms with Crippen molar-refractivity contribution < 1.29 is 9.84 Å². The number of hydrogen-bond acceptors (Lipinski definition) is 4. The molecule has 1 fully saturated rings. The molecular formula is C15H23NO2S. The SMILES string of the molecule is COc1ccc([C@]2(O)CCSC[C@@H]2CN(C)C)cc1. The quantitative estimate of drug-likeness (QED) is 0.917. The molecule has 1 aliphatic rings. The number of rotatable bonds is 4. The second kappa shape index (κ2) is 6.16. The first-order chi connectivity index (χ1) is 9.06. The van der Waals surface area contributed by atoms with Gasteiger partial charge in [0.15, 0.2) is 0 Å². The third kappa shape index (κ3) is 3.25. The largest absolute Gasteiger partial charge is 0.497 e. The van der Waals surface area contributed by atoms with Gasteiger partial charge in [0.25, 0.3) is 0 Å². The first kappa shape index (κ1) is 14.7. The molecule has 1 aromatic carbocycles. The molecule has 0 bridgehead atoms. The Balaban J connectivity index is 2.25. The first-order valence-corrected chi connectivity index (χ1v) is 7.81. The molecule has 4 heteroatoms. The summed E-state index contributed by atoms with van der Waals surface area (Å²) in [7, 11) is 5.79. The lowest BCUT2D eigenvalue weighted by Gasteiger charge is -2.41. The Hall–Kier alpha value is -0.710. The zero-order valence-corrected chi connectivity index (χ0v) is 12.7. The van der Waals surface area contributed by atoms with Gasteiger partial charge in [0, 0.05) is 18.2 Å². The highest BCUT2D eigenvalue weighted by molar-refractivity contribution is 7.99. The lowest BCUT2D eigenvalue weighted by atomic mass is 9.79. The molecular weight excluding hydrogens is 258 g/mol. The lowest BCUT2D eigenvalue weighted by Crippen LogP contribution is -2.45. The average molecular weight is 281 g/mol. The highest BCUT2D eigenvalue weighted by Gasteiger charge is 2.40. The average Bonchev–Trinajstić information content (AvgIpc) is 2.41. The maximum Gasteiger partial charge on any atom is 0.118 e. The number of methoxy groups -OCH3 is 1. The Morgan fingerprint density at radius 2 is 2.05 bits per heavy atom. The van der Waals surface area contributed by atoms with Crippen LogP contribution in [0.2, 0.25) is 0 Å². The van der Waals surface area contributed by atoms with E-state index in [-0.39, 0.29) is 5.92 Å². The van der Waals surface area contributed by atoms with Crippen molar-refractivity contribution in [3.63, 3.8) is 0 Å². The number of aliphatic hydroxyl groups is 1. The number of nitrogens with zero attached hydrogens (tertiary/aromatic N) is 1. The molecule has 106 valence electrons. The van der Waals surface area contributed by atoms with Crippen molar-refractivity contribution in [1.29, 1.82) is 0 Å². The van der Waals surface area contributed by atoms with E-state index in [0.717, 1.165) is 35.8 Å². The van der Waals surface area contributed by atoms with E-state index < -0.39 is 5.60 Å². The Kier molecular flexibility index (Phi) is 4.76. The summed E-state index contributed by atoms with van der Waals surface area (Å²) in [5, 5.41) is 11.1. The second-order valence-corrected chi connectivity index (χ2v) is 6.59. The minimum atomic E-state index is -0.707. The molecule has 0 radical (unpaired) electrons. The summed E-state index contributed by atoms with van der Waals surface area (Å²) >= 11 is 1.94. The molecule has 2 rings (SSSR count). The Labute approximate surface area is 120 Å². The minimum Gasteiger partial charge on any atom is -0.497 e. The summed E-state index contributed by atoms with van der Waals surface area (Å²) in [6.45, 7) is 0.912. The molecule has 1 N–H and O–H groups in total. The summed E-state index contributed by atoms with van der Waals surface area (Å²) in [5.41, 5.74) is 0.308. The van der Waals surface area contributed by atoms with Crippen LogP contribution >= 0.6 is 11.8 Å². The zero-order chi connectivity index (χ0) is 13.9. The fourth-order valence-corrected chi connectivity index (χ4v) is 3.99. The van der Waals surface area contributed by atoms with Crippen molar-refractivity contribution in [1.82, 2.24) is 4.90 Å². The molecule has 0 spiro atoms. The van der Waals surface area contributed by atoms with Crippen molar-refractivity contribution in [2.45, 2.75) is 12.0 Å². The summed E-state index contributed by atoms with van der Waals surface area (Å²) < 4.78 is 5.19. The van der Waals surface area contributed by atoms with Crippen LogP contribution in [0.3, 0.4) is 0 Å². The van der Waals surface area contributed by atoms with Crippen molar-refractivity contribution in [2.24, 2.45) is 5.92 Å². The summed E-state index contributed by atoms with van der Waals surface area (Å²) in [6, 6.07) is 7.86. The van der Waals surface area contributed by atoms with Crippen LogP contribution < -0.4 is 4.74 Å². The Bertz CT molecular complexity index is 407. The van der Waals surface area contributed by atoms with Gasteiger partial charge in [0.2, 0.25) is 0 Å². The molecule has 1 heterocycles. The third-order valence-corrected chi connectivity index (χ3v) is 4.93. The van der Waals surface area contributed by atoms with Gasteiger partial charge in [-0.1, -0.05) is 12.1 Å². The third-order valence-electron chi connectivity index (χ3n) is 3.80. The first-order valence-electron chi connectivity index (χ1n) is 6.65. The molecule has 0 saturated carbocycles. The predicted octanol–water partition coefficient (Wildman–Crippen LogP) is 2.20. The molecule has 0 aliphatic carbocycles. The van der Waals surface area contributed by atoms with Gasteiger partial charge in [0.05, 0.1) is 12.7 Å². The van der Waals surface area contributed by atoms with Gasteiger partial charge in [0.1, 0.15) is 5.75 Å². The van der Waals surface area contributed by atoms with Crippen LogP contribution in [0, 0.1) is 5.92 Å². The number of thioether (sulfide) groups is 1. The molecule has 0 amide bonds. The van der Waals surface area contributed by atoms with E-state index in [1.165, 1.54) is 0 Å². The van der Waals surface area contributed by atoms with Crippen LogP contribution in [0.15, 0.2) is 24.3 Å².